The zero-order valence-corrected chi connectivity index (χ0v) is 10.1. The molecule has 92 valence electrons. The van der Waals surface area contributed by atoms with Crippen molar-refractivity contribution in [2.45, 2.75) is 13.0 Å². The Morgan fingerprint density at radius 2 is 1.67 bits per heavy atom. The molecular weight excluding hydrogens is 226 g/mol. The molecule has 0 aliphatic rings. The first-order valence-corrected chi connectivity index (χ1v) is 5.81. The number of phenols is 1. The maximum atomic E-state index is 11.9. The smallest absolute Gasteiger partial charge is 0.251 e. The van der Waals surface area contributed by atoms with E-state index in [1.807, 2.05) is 37.3 Å². The van der Waals surface area contributed by atoms with Crippen LogP contribution in [0.15, 0.2) is 54.6 Å². The van der Waals surface area contributed by atoms with Crippen LogP contribution in [-0.2, 0) is 0 Å². The van der Waals surface area contributed by atoms with Crippen LogP contribution >= 0.6 is 0 Å². The molecule has 0 aliphatic carbocycles. The quantitative estimate of drug-likeness (QED) is 0.868. The number of hydrogen-bond donors (Lipinski definition) is 2. The standard InChI is InChI=1S/C15H15NO2/c1-11(12-5-3-2-4-6-12)16-15(18)13-7-9-14(17)10-8-13/h2-11,17H,1H3,(H,16,18). The van der Waals surface area contributed by atoms with Crippen molar-refractivity contribution < 1.29 is 9.90 Å². The second kappa shape index (κ2) is 5.36. The van der Waals surface area contributed by atoms with Crippen LogP contribution in [0, 0.1) is 0 Å². The lowest BCUT2D eigenvalue weighted by Gasteiger charge is -2.14. The van der Waals surface area contributed by atoms with Crippen molar-refractivity contribution in [1.29, 1.82) is 0 Å². The summed E-state index contributed by atoms with van der Waals surface area (Å²) in [5.74, 6) is 0.00834. The van der Waals surface area contributed by atoms with Crippen molar-refractivity contribution >= 4 is 5.91 Å². The SMILES string of the molecule is CC(NC(=O)c1ccc(O)cc1)c1ccccc1. The zero-order valence-electron chi connectivity index (χ0n) is 10.1. The third-order valence-corrected chi connectivity index (χ3v) is 2.78. The van der Waals surface area contributed by atoms with Crippen molar-refractivity contribution in [3.05, 3.63) is 65.7 Å². The van der Waals surface area contributed by atoms with Gasteiger partial charge in [0.15, 0.2) is 0 Å². The van der Waals surface area contributed by atoms with Crippen molar-refractivity contribution in [1.82, 2.24) is 5.32 Å². The second-order valence-electron chi connectivity index (χ2n) is 4.15. The zero-order chi connectivity index (χ0) is 13.0. The summed E-state index contributed by atoms with van der Waals surface area (Å²) in [5.41, 5.74) is 1.60. The molecule has 2 aromatic rings. The van der Waals surface area contributed by atoms with Crippen molar-refractivity contribution in [3.63, 3.8) is 0 Å². The van der Waals surface area contributed by atoms with E-state index in [9.17, 15) is 4.79 Å². The minimum Gasteiger partial charge on any atom is -0.508 e. The average Bonchev–Trinajstić information content (AvgIpc) is 2.40. The molecule has 1 unspecified atom stereocenters. The Balaban J connectivity index is 2.06. The van der Waals surface area contributed by atoms with Gasteiger partial charge in [-0.3, -0.25) is 4.79 Å². The molecule has 0 saturated heterocycles. The molecule has 1 amide bonds. The Kier molecular flexibility index (Phi) is 3.63. The fourth-order valence-electron chi connectivity index (χ4n) is 1.72. The Morgan fingerprint density at radius 3 is 2.28 bits per heavy atom. The summed E-state index contributed by atoms with van der Waals surface area (Å²) in [6, 6.07) is 15.9. The summed E-state index contributed by atoms with van der Waals surface area (Å²) in [6.45, 7) is 1.94. The van der Waals surface area contributed by atoms with Gasteiger partial charge in [0.05, 0.1) is 6.04 Å². The highest BCUT2D eigenvalue weighted by atomic mass is 16.3. The maximum Gasteiger partial charge on any atom is 0.251 e. The van der Waals surface area contributed by atoms with Gasteiger partial charge in [0.25, 0.3) is 5.91 Å². The molecular formula is C15H15NO2. The van der Waals surface area contributed by atoms with Gasteiger partial charge in [0.1, 0.15) is 5.75 Å². The van der Waals surface area contributed by atoms with Gasteiger partial charge in [0.2, 0.25) is 0 Å². The number of carbonyl (C=O) groups excluding carboxylic acids is 1. The minimum absolute atomic E-state index is 0.0486. The van der Waals surface area contributed by atoms with Gasteiger partial charge in [0, 0.05) is 5.56 Å². The molecule has 2 aromatic carbocycles. The summed E-state index contributed by atoms with van der Waals surface area (Å²) in [7, 11) is 0. The first kappa shape index (κ1) is 12.2. The molecule has 0 saturated carbocycles. The number of benzene rings is 2. The first-order chi connectivity index (χ1) is 8.66. The first-order valence-electron chi connectivity index (χ1n) is 5.81. The normalized spacial score (nSPS) is 11.8. The monoisotopic (exact) mass is 241 g/mol. The second-order valence-corrected chi connectivity index (χ2v) is 4.15. The molecule has 2 N–H and O–H groups in total. The molecule has 0 spiro atoms. The van der Waals surface area contributed by atoms with E-state index in [4.69, 9.17) is 5.11 Å². The van der Waals surface area contributed by atoms with E-state index in [0.717, 1.165) is 5.56 Å². The number of phenolic OH excluding ortho intramolecular Hbond substituents is 1. The third-order valence-electron chi connectivity index (χ3n) is 2.78. The molecule has 18 heavy (non-hydrogen) atoms. The maximum absolute atomic E-state index is 11.9. The number of rotatable bonds is 3. The Hall–Kier alpha value is -2.29. The number of carbonyl (C=O) groups is 1. The molecule has 3 heteroatoms. The molecule has 1 atom stereocenters. The lowest BCUT2D eigenvalue weighted by molar-refractivity contribution is 0.0940. The summed E-state index contributed by atoms with van der Waals surface area (Å²) < 4.78 is 0. The predicted molar refractivity (Wildman–Crippen MR) is 70.4 cm³/mol. The van der Waals surface area contributed by atoms with Gasteiger partial charge in [-0.15, -0.1) is 0 Å². The van der Waals surface area contributed by atoms with Crippen LogP contribution in [0.1, 0.15) is 28.9 Å². The van der Waals surface area contributed by atoms with E-state index in [2.05, 4.69) is 5.32 Å². The van der Waals surface area contributed by atoms with Crippen LogP contribution < -0.4 is 5.32 Å². The van der Waals surface area contributed by atoms with Crippen LogP contribution in [0.2, 0.25) is 0 Å². The Labute approximate surface area is 106 Å². The molecule has 0 heterocycles. The van der Waals surface area contributed by atoms with Crippen molar-refractivity contribution in [2.75, 3.05) is 0 Å². The van der Waals surface area contributed by atoms with E-state index >= 15 is 0 Å². The largest absolute Gasteiger partial charge is 0.508 e. The van der Waals surface area contributed by atoms with Crippen LogP contribution in [0.4, 0.5) is 0 Å². The van der Waals surface area contributed by atoms with Gasteiger partial charge >= 0.3 is 0 Å². The Morgan fingerprint density at radius 1 is 1.06 bits per heavy atom. The molecule has 2 rings (SSSR count). The molecule has 0 aromatic heterocycles. The molecule has 0 fully saturated rings. The van der Waals surface area contributed by atoms with Gasteiger partial charge in [-0.25, -0.2) is 0 Å². The summed E-state index contributed by atoms with van der Waals surface area (Å²) in [5, 5.41) is 12.1. The molecule has 0 radical (unpaired) electrons. The number of aromatic hydroxyl groups is 1. The highest BCUT2D eigenvalue weighted by Crippen LogP contribution is 2.14. The Bertz CT molecular complexity index is 520. The van der Waals surface area contributed by atoms with Crippen molar-refractivity contribution in [2.24, 2.45) is 0 Å². The number of nitrogens with one attached hydrogen (secondary N) is 1. The highest BCUT2D eigenvalue weighted by Gasteiger charge is 2.10. The van der Waals surface area contributed by atoms with Gasteiger partial charge < -0.3 is 10.4 Å². The number of hydrogen-bond acceptors (Lipinski definition) is 2. The lowest BCUT2D eigenvalue weighted by Crippen LogP contribution is -2.26. The molecule has 0 aliphatic heterocycles. The van der Waals surface area contributed by atoms with Gasteiger partial charge in [-0.1, -0.05) is 30.3 Å². The summed E-state index contributed by atoms with van der Waals surface area (Å²) >= 11 is 0. The third kappa shape index (κ3) is 2.88. The van der Waals surface area contributed by atoms with E-state index < -0.39 is 0 Å². The minimum atomic E-state index is -0.147. The van der Waals surface area contributed by atoms with E-state index in [1.165, 1.54) is 12.1 Å². The number of amides is 1. The predicted octanol–water partition coefficient (Wildman–Crippen LogP) is 2.88. The van der Waals surface area contributed by atoms with Gasteiger partial charge in [-0.05, 0) is 36.8 Å². The van der Waals surface area contributed by atoms with Gasteiger partial charge in [-0.2, -0.15) is 0 Å². The fraction of sp³-hybridized carbons (Fsp3) is 0.133. The van der Waals surface area contributed by atoms with Crippen molar-refractivity contribution in [3.8, 4) is 5.75 Å². The van der Waals surface area contributed by atoms with E-state index in [-0.39, 0.29) is 17.7 Å². The summed E-state index contributed by atoms with van der Waals surface area (Å²) in [6.07, 6.45) is 0. The topological polar surface area (TPSA) is 49.3 Å². The van der Waals surface area contributed by atoms with Crippen LogP contribution in [0.25, 0.3) is 0 Å². The molecule has 0 bridgehead atoms. The van der Waals surface area contributed by atoms with Crippen LogP contribution in [-0.4, -0.2) is 11.0 Å². The average molecular weight is 241 g/mol. The summed E-state index contributed by atoms with van der Waals surface area (Å²) in [4.78, 5) is 11.9. The fourth-order valence-corrected chi connectivity index (χ4v) is 1.72. The van der Waals surface area contributed by atoms with Crippen LogP contribution in [0.3, 0.4) is 0 Å². The van der Waals surface area contributed by atoms with E-state index in [1.54, 1.807) is 12.1 Å². The van der Waals surface area contributed by atoms with E-state index in [0.29, 0.717) is 5.56 Å². The lowest BCUT2D eigenvalue weighted by atomic mass is 10.1. The highest BCUT2D eigenvalue weighted by molar-refractivity contribution is 5.94. The van der Waals surface area contributed by atoms with Crippen LogP contribution in [0.5, 0.6) is 5.75 Å². The molecule has 3 nitrogen and oxygen atoms in total.